The van der Waals surface area contributed by atoms with Gasteiger partial charge in [-0.2, -0.15) is 0 Å². The molecule has 1 heterocycles. The topological polar surface area (TPSA) is 3.24 Å². The highest BCUT2D eigenvalue weighted by Gasteiger charge is 2.19. The fourth-order valence-electron chi connectivity index (χ4n) is 1.27. The number of hydrogen-bond acceptors (Lipinski definition) is 1. The highest BCUT2D eigenvalue weighted by Crippen LogP contribution is 2.18. The largest absolute Gasteiger partial charge is 0.299 e. The summed E-state index contributed by atoms with van der Waals surface area (Å²) in [6, 6.07) is 0. The molecule has 58 valence electrons. The van der Waals surface area contributed by atoms with Crippen molar-refractivity contribution >= 4 is 0 Å². The third-order valence-corrected chi connectivity index (χ3v) is 2.12. The van der Waals surface area contributed by atoms with Gasteiger partial charge in [0.25, 0.3) is 0 Å². The summed E-state index contributed by atoms with van der Waals surface area (Å²) in [5, 5.41) is 0. The summed E-state index contributed by atoms with van der Waals surface area (Å²) in [5.41, 5.74) is 2.11. The molecule has 0 N–H and O–H groups in total. The summed E-state index contributed by atoms with van der Waals surface area (Å²) in [7, 11) is 1.95. The Bertz CT molecular complexity index is 163. The van der Waals surface area contributed by atoms with E-state index in [1.54, 1.807) is 0 Å². The third-order valence-electron chi connectivity index (χ3n) is 2.12. The highest BCUT2D eigenvalue weighted by molar-refractivity contribution is 5.19. The normalized spacial score (nSPS) is 29.4. The molecule has 0 spiro atoms. The molecule has 10 heavy (non-hydrogen) atoms. The van der Waals surface area contributed by atoms with Crippen LogP contribution in [0.2, 0.25) is 0 Å². The van der Waals surface area contributed by atoms with E-state index in [0.29, 0.717) is 6.54 Å². The maximum atomic E-state index is 13.0. The Hall–Kier alpha value is -0.370. The number of alkyl halides is 1. The Kier molecular flexibility index (Phi) is 2.09. The molecule has 1 aliphatic heterocycles. The minimum absolute atomic E-state index is 0.559. The highest BCUT2D eigenvalue weighted by atomic mass is 19.1. The second kappa shape index (κ2) is 2.70. The molecule has 0 aromatic carbocycles. The lowest BCUT2D eigenvalue weighted by Crippen LogP contribution is -2.34. The first-order valence-electron chi connectivity index (χ1n) is 3.60. The molecule has 0 saturated carbocycles. The Balaban J connectivity index is 2.74. The Morgan fingerprint density at radius 2 is 2.10 bits per heavy atom. The summed E-state index contributed by atoms with van der Waals surface area (Å²) in [5.74, 6) is 0. The molecule has 0 radical (unpaired) electrons. The number of rotatable bonds is 0. The van der Waals surface area contributed by atoms with Crippen LogP contribution >= 0.6 is 0 Å². The van der Waals surface area contributed by atoms with E-state index in [9.17, 15) is 4.39 Å². The Morgan fingerprint density at radius 3 is 2.60 bits per heavy atom. The summed E-state index contributed by atoms with van der Waals surface area (Å²) >= 11 is 0. The van der Waals surface area contributed by atoms with Gasteiger partial charge in [0.1, 0.15) is 6.17 Å². The molecule has 1 aliphatic rings. The van der Waals surface area contributed by atoms with Crippen molar-refractivity contribution in [3.63, 3.8) is 0 Å². The summed E-state index contributed by atoms with van der Waals surface area (Å²) in [4.78, 5) is 2.01. The Morgan fingerprint density at radius 1 is 1.50 bits per heavy atom. The van der Waals surface area contributed by atoms with Crippen LogP contribution in [0.15, 0.2) is 11.1 Å². The number of halogens is 1. The second-order valence-electron chi connectivity index (χ2n) is 3.13. The lowest BCUT2D eigenvalue weighted by atomic mass is 10.0. The fourth-order valence-corrected chi connectivity index (χ4v) is 1.27. The van der Waals surface area contributed by atoms with Gasteiger partial charge in [0.05, 0.1) is 0 Å². The minimum Gasteiger partial charge on any atom is -0.299 e. The zero-order valence-corrected chi connectivity index (χ0v) is 6.82. The predicted octanol–water partition coefficient (Wildman–Crippen LogP) is 1.61. The molecule has 0 aromatic heterocycles. The van der Waals surface area contributed by atoms with E-state index in [0.717, 1.165) is 12.1 Å². The van der Waals surface area contributed by atoms with Crippen LogP contribution in [0.1, 0.15) is 13.8 Å². The van der Waals surface area contributed by atoms with Gasteiger partial charge in [-0.25, -0.2) is 4.39 Å². The van der Waals surface area contributed by atoms with Crippen LogP contribution in [0.4, 0.5) is 4.39 Å². The number of nitrogens with zero attached hydrogens (tertiary/aromatic N) is 1. The van der Waals surface area contributed by atoms with Crippen LogP contribution in [0.3, 0.4) is 0 Å². The van der Waals surface area contributed by atoms with E-state index in [1.807, 2.05) is 25.8 Å². The molecule has 0 amide bonds. The summed E-state index contributed by atoms with van der Waals surface area (Å²) < 4.78 is 13.0. The molecule has 0 aliphatic carbocycles. The molecule has 0 aromatic rings. The monoisotopic (exact) mass is 143 g/mol. The maximum absolute atomic E-state index is 13.0. The molecule has 2 heteroatoms. The van der Waals surface area contributed by atoms with Crippen LogP contribution in [-0.4, -0.2) is 31.2 Å². The molecular formula is C8H14FN. The summed E-state index contributed by atoms with van der Waals surface area (Å²) in [6.45, 7) is 5.36. The Labute approximate surface area is 61.5 Å². The van der Waals surface area contributed by atoms with Gasteiger partial charge in [-0.15, -0.1) is 0 Å². The molecule has 1 unspecified atom stereocenters. The number of hydrogen-bond donors (Lipinski definition) is 0. The van der Waals surface area contributed by atoms with Gasteiger partial charge < -0.3 is 0 Å². The SMILES string of the molecule is CC1=C(C)C(F)CN(C)C1. The standard InChI is InChI=1S/C8H14FN/c1-6-4-10(3)5-8(9)7(6)2/h8H,4-5H2,1-3H3. The molecule has 1 rings (SSSR count). The molecule has 0 bridgehead atoms. The fraction of sp³-hybridized carbons (Fsp3) is 0.750. The quantitative estimate of drug-likeness (QED) is 0.466. The average molecular weight is 143 g/mol. The average Bonchev–Trinajstić information content (AvgIpc) is 1.82. The van der Waals surface area contributed by atoms with Crippen molar-refractivity contribution < 1.29 is 4.39 Å². The molecule has 0 fully saturated rings. The summed E-state index contributed by atoms with van der Waals surface area (Å²) in [6.07, 6.45) is -0.737. The van der Waals surface area contributed by atoms with E-state index in [4.69, 9.17) is 0 Å². The van der Waals surface area contributed by atoms with Crippen molar-refractivity contribution in [2.75, 3.05) is 20.1 Å². The molecule has 0 saturated heterocycles. The van der Waals surface area contributed by atoms with E-state index in [2.05, 4.69) is 0 Å². The molecule has 1 nitrogen and oxygen atoms in total. The van der Waals surface area contributed by atoms with Crippen molar-refractivity contribution in [1.82, 2.24) is 4.90 Å². The molecular weight excluding hydrogens is 129 g/mol. The van der Waals surface area contributed by atoms with Gasteiger partial charge in [-0.05, 0) is 26.5 Å². The maximum Gasteiger partial charge on any atom is 0.134 e. The van der Waals surface area contributed by atoms with Gasteiger partial charge in [-0.3, -0.25) is 4.90 Å². The van der Waals surface area contributed by atoms with Gasteiger partial charge >= 0.3 is 0 Å². The van der Waals surface area contributed by atoms with Gasteiger partial charge in [0, 0.05) is 13.1 Å². The van der Waals surface area contributed by atoms with Gasteiger partial charge in [-0.1, -0.05) is 5.57 Å². The minimum atomic E-state index is -0.737. The van der Waals surface area contributed by atoms with Gasteiger partial charge in [0.15, 0.2) is 0 Å². The van der Waals surface area contributed by atoms with E-state index < -0.39 is 6.17 Å². The van der Waals surface area contributed by atoms with Crippen LogP contribution in [-0.2, 0) is 0 Å². The van der Waals surface area contributed by atoms with Crippen LogP contribution in [0.5, 0.6) is 0 Å². The number of likely N-dealkylation sites (N-methyl/N-ethyl adjacent to an activating group) is 1. The predicted molar refractivity (Wildman–Crippen MR) is 40.8 cm³/mol. The van der Waals surface area contributed by atoms with E-state index >= 15 is 0 Å². The third kappa shape index (κ3) is 1.37. The smallest absolute Gasteiger partial charge is 0.134 e. The van der Waals surface area contributed by atoms with Crippen LogP contribution in [0, 0.1) is 0 Å². The van der Waals surface area contributed by atoms with Crippen molar-refractivity contribution in [3.05, 3.63) is 11.1 Å². The lowest BCUT2D eigenvalue weighted by Gasteiger charge is -2.27. The van der Waals surface area contributed by atoms with Gasteiger partial charge in [0.2, 0.25) is 0 Å². The second-order valence-corrected chi connectivity index (χ2v) is 3.13. The van der Waals surface area contributed by atoms with Crippen molar-refractivity contribution in [1.29, 1.82) is 0 Å². The van der Waals surface area contributed by atoms with E-state index in [-0.39, 0.29) is 0 Å². The molecule has 1 atom stereocenters. The van der Waals surface area contributed by atoms with Crippen LogP contribution in [0.25, 0.3) is 0 Å². The first-order valence-corrected chi connectivity index (χ1v) is 3.60. The zero-order chi connectivity index (χ0) is 7.72. The van der Waals surface area contributed by atoms with Crippen molar-refractivity contribution in [2.45, 2.75) is 20.0 Å². The van der Waals surface area contributed by atoms with E-state index in [1.165, 1.54) is 5.57 Å². The first-order chi connectivity index (χ1) is 4.61. The first kappa shape index (κ1) is 7.73. The van der Waals surface area contributed by atoms with Crippen molar-refractivity contribution in [3.8, 4) is 0 Å². The zero-order valence-electron chi connectivity index (χ0n) is 6.82. The lowest BCUT2D eigenvalue weighted by molar-refractivity contribution is 0.237. The van der Waals surface area contributed by atoms with Crippen molar-refractivity contribution in [2.24, 2.45) is 0 Å². The van der Waals surface area contributed by atoms with Crippen LogP contribution < -0.4 is 0 Å².